The Morgan fingerprint density at radius 1 is 0.459 bits per heavy atom. The molecule has 8 N–H and O–H groups in total. The first-order chi connectivity index (χ1) is 36.2. The van der Waals surface area contributed by atoms with E-state index in [1.165, 1.54) is 205 Å². The van der Waals surface area contributed by atoms with Crippen molar-refractivity contribution in [2.24, 2.45) is 0 Å². The van der Waals surface area contributed by atoms with Crippen molar-refractivity contribution in [1.29, 1.82) is 0 Å². The van der Waals surface area contributed by atoms with Crippen LogP contribution in [0.15, 0.2) is 24.3 Å². The van der Waals surface area contributed by atoms with Gasteiger partial charge in [0.1, 0.15) is 36.6 Å². The topological polar surface area (TPSA) is 189 Å². The van der Waals surface area contributed by atoms with Crippen LogP contribution in [-0.2, 0) is 14.3 Å². The van der Waals surface area contributed by atoms with Gasteiger partial charge in [-0.25, -0.2) is 0 Å². The minimum Gasteiger partial charge on any atom is -0.394 e. The van der Waals surface area contributed by atoms with Crippen molar-refractivity contribution in [3.8, 4) is 0 Å². The average molecular weight is 1050 g/mol. The molecule has 1 saturated heterocycles. The zero-order valence-electron chi connectivity index (χ0n) is 48.1. The largest absolute Gasteiger partial charge is 0.394 e. The van der Waals surface area contributed by atoms with Crippen molar-refractivity contribution in [3.05, 3.63) is 24.3 Å². The molecule has 0 aromatic rings. The molecule has 438 valence electrons. The highest BCUT2D eigenvalue weighted by Crippen LogP contribution is 2.24. The van der Waals surface area contributed by atoms with Crippen LogP contribution in [0.5, 0.6) is 0 Å². The van der Waals surface area contributed by atoms with E-state index in [1.54, 1.807) is 0 Å². The Hall–Kier alpha value is -1.41. The molecule has 11 nitrogen and oxygen atoms in total. The minimum atomic E-state index is -1.67. The quantitative estimate of drug-likeness (QED) is 0.0215. The molecule has 0 aromatic heterocycles. The summed E-state index contributed by atoms with van der Waals surface area (Å²) in [4.78, 5) is 13.2. The molecule has 1 heterocycles. The Morgan fingerprint density at radius 2 is 0.797 bits per heavy atom. The fourth-order valence-corrected chi connectivity index (χ4v) is 10.3. The van der Waals surface area contributed by atoms with Gasteiger partial charge in [0.05, 0.1) is 25.4 Å². The van der Waals surface area contributed by atoms with Gasteiger partial charge in [-0.15, -0.1) is 0 Å². The summed E-state index contributed by atoms with van der Waals surface area (Å²) < 4.78 is 11.1. The summed E-state index contributed by atoms with van der Waals surface area (Å²) in [5.41, 5.74) is 0. The molecular formula is C63H121NO10. The standard InChI is InChI=1S/C63H121NO10/c1-3-5-7-9-11-13-15-17-19-21-22-23-24-25-26-27-28-29-30-31-32-33-34-35-37-38-40-42-44-46-48-50-55(66)58(68)54(53-73-63-61(71)60(70)59(69)57(52-65)74-63)64-62(72)56(67)51-49-47-45-43-41-39-36-20-18-16-14-12-10-8-6-4-2/h18,20,42,44,54-61,63,65-71H,3-17,19,21-41,43,45-53H2,1-2H3,(H,64,72)/b20-18-,44-42+. The van der Waals surface area contributed by atoms with Gasteiger partial charge in [0.15, 0.2) is 6.29 Å². The molecule has 9 unspecified atom stereocenters. The van der Waals surface area contributed by atoms with E-state index >= 15 is 0 Å². The van der Waals surface area contributed by atoms with Crippen LogP contribution in [0.2, 0.25) is 0 Å². The zero-order chi connectivity index (χ0) is 54.0. The van der Waals surface area contributed by atoms with E-state index in [9.17, 15) is 40.5 Å². The van der Waals surface area contributed by atoms with Gasteiger partial charge in [-0.2, -0.15) is 0 Å². The van der Waals surface area contributed by atoms with Crippen LogP contribution in [0.1, 0.15) is 303 Å². The Kier molecular flexibility index (Phi) is 49.9. The summed E-state index contributed by atoms with van der Waals surface area (Å²) >= 11 is 0. The maximum absolute atomic E-state index is 13.2. The van der Waals surface area contributed by atoms with E-state index in [2.05, 4.69) is 43.5 Å². The smallest absolute Gasteiger partial charge is 0.249 e. The van der Waals surface area contributed by atoms with E-state index in [-0.39, 0.29) is 12.8 Å². The molecule has 74 heavy (non-hydrogen) atoms. The van der Waals surface area contributed by atoms with Crippen molar-refractivity contribution >= 4 is 5.91 Å². The van der Waals surface area contributed by atoms with Crippen LogP contribution in [0.3, 0.4) is 0 Å². The van der Waals surface area contributed by atoms with Crippen molar-refractivity contribution in [1.82, 2.24) is 5.32 Å². The molecule has 9 atom stereocenters. The van der Waals surface area contributed by atoms with Gasteiger partial charge in [0, 0.05) is 0 Å². The van der Waals surface area contributed by atoms with Crippen LogP contribution >= 0.6 is 0 Å². The van der Waals surface area contributed by atoms with Crippen molar-refractivity contribution in [2.45, 2.75) is 358 Å². The summed E-state index contributed by atoms with van der Waals surface area (Å²) in [5, 5.41) is 76.2. The molecule has 0 radical (unpaired) electrons. The van der Waals surface area contributed by atoms with E-state index in [0.717, 1.165) is 57.8 Å². The van der Waals surface area contributed by atoms with E-state index in [0.29, 0.717) is 12.8 Å². The maximum atomic E-state index is 13.2. The second-order valence-electron chi connectivity index (χ2n) is 22.5. The predicted molar refractivity (Wildman–Crippen MR) is 307 cm³/mol. The summed E-state index contributed by atoms with van der Waals surface area (Å²) in [6.45, 7) is 3.47. The first-order valence-corrected chi connectivity index (χ1v) is 31.7. The normalized spacial score (nSPS) is 19.9. The Morgan fingerprint density at radius 3 is 1.16 bits per heavy atom. The fraction of sp³-hybridized carbons (Fsp3) is 0.921. The number of aliphatic hydroxyl groups excluding tert-OH is 7. The second-order valence-corrected chi connectivity index (χ2v) is 22.5. The first kappa shape index (κ1) is 70.6. The van der Waals surface area contributed by atoms with Gasteiger partial charge in [-0.1, -0.05) is 263 Å². The molecule has 0 saturated carbocycles. The first-order valence-electron chi connectivity index (χ1n) is 31.7. The number of allylic oxidation sites excluding steroid dienone is 4. The number of carbonyl (C=O) groups excluding carboxylic acids is 1. The maximum Gasteiger partial charge on any atom is 0.249 e. The monoisotopic (exact) mass is 1050 g/mol. The van der Waals surface area contributed by atoms with Crippen LogP contribution in [0.25, 0.3) is 0 Å². The SMILES string of the molecule is CCCCCCCC/C=C\CCCCCCCCC(O)C(=O)NC(COC1OC(CO)C(O)C(O)C1O)C(O)C(O)CCC/C=C/CCCCCCCCCCCCCCCCCCCCCCCCCCCC. The van der Waals surface area contributed by atoms with E-state index in [4.69, 9.17) is 9.47 Å². The van der Waals surface area contributed by atoms with Crippen molar-refractivity contribution < 1.29 is 50.0 Å². The zero-order valence-corrected chi connectivity index (χ0v) is 48.1. The van der Waals surface area contributed by atoms with Crippen LogP contribution in [0, 0.1) is 0 Å². The summed E-state index contributed by atoms with van der Waals surface area (Å²) in [6.07, 6.45) is 52.6. The minimum absolute atomic E-state index is 0.248. The Balaban J connectivity index is 2.23. The van der Waals surface area contributed by atoms with Gasteiger partial charge >= 0.3 is 0 Å². The molecule has 1 rings (SSSR count). The molecule has 0 aliphatic carbocycles. The molecule has 0 bridgehead atoms. The van der Waals surface area contributed by atoms with Crippen LogP contribution in [-0.4, -0.2) is 110 Å². The average Bonchev–Trinajstić information content (AvgIpc) is 3.40. The molecule has 1 amide bonds. The van der Waals surface area contributed by atoms with Crippen LogP contribution in [0.4, 0.5) is 0 Å². The number of hydrogen-bond donors (Lipinski definition) is 8. The van der Waals surface area contributed by atoms with Gasteiger partial charge in [0.25, 0.3) is 0 Å². The number of amides is 1. The highest BCUT2D eigenvalue weighted by atomic mass is 16.7. The highest BCUT2D eigenvalue weighted by Gasteiger charge is 2.44. The number of nitrogens with one attached hydrogen (secondary N) is 1. The molecule has 0 aromatic carbocycles. The van der Waals surface area contributed by atoms with Crippen LogP contribution < -0.4 is 5.32 Å². The number of aliphatic hydroxyl groups is 7. The van der Waals surface area contributed by atoms with Gasteiger partial charge in [0.2, 0.25) is 5.91 Å². The lowest BCUT2D eigenvalue weighted by Gasteiger charge is -2.40. The Labute approximate surface area is 454 Å². The second kappa shape index (κ2) is 52.3. The summed E-state index contributed by atoms with van der Waals surface area (Å²) in [6, 6.07) is -1.19. The van der Waals surface area contributed by atoms with E-state index in [1.807, 2.05) is 0 Å². The molecule has 1 aliphatic heterocycles. The predicted octanol–water partition coefficient (Wildman–Crippen LogP) is 14.1. The molecule has 11 heteroatoms. The third kappa shape index (κ3) is 39.9. The van der Waals surface area contributed by atoms with Crippen molar-refractivity contribution in [3.63, 3.8) is 0 Å². The molecule has 0 spiro atoms. The highest BCUT2D eigenvalue weighted by molar-refractivity contribution is 5.80. The summed E-state index contributed by atoms with van der Waals surface area (Å²) in [7, 11) is 0. The lowest BCUT2D eigenvalue weighted by Crippen LogP contribution is -2.60. The van der Waals surface area contributed by atoms with Gasteiger partial charge < -0.3 is 50.5 Å². The van der Waals surface area contributed by atoms with E-state index < -0.39 is 74.2 Å². The fourth-order valence-electron chi connectivity index (χ4n) is 10.3. The van der Waals surface area contributed by atoms with Gasteiger partial charge in [-0.05, 0) is 64.2 Å². The summed E-state index contributed by atoms with van der Waals surface area (Å²) in [5.74, 6) is -0.708. The lowest BCUT2D eigenvalue weighted by molar-refractivity contribution is -0.303. The molecule has 1 fully saturated rings. The van der Waals surface area contributed by atoms with Gasteiger partial charge in [-0.3, -0.25) is 4.79 Å². The number of unbranched alkanes of at least 4 members (excludes halogenated alkanes) is 39. The Bertz CT molecular complexity index is 1250. The molecular weight excluding hydrogens is 931 g/mol. The number of rotatable bonds is 55. The number of carbonyl (C=O) groups is 1. The third-order valence-electron chi connectivity index (χ3n) is 15.5. The molecule has 1 aliphatic rings. The van der Waals surface area contributed by atoms with Crippen molar-refractivity contribution in [2.75, 3.05) is 13.2 Å². The number of ether oxygens (including phenoxy) is 2. The third-order valence-corrected chi connectivity index (χ3v) is 15.5. The number of hydrogen-bond acceptors (Lipinski definition) is 10. The lowest BCUT2D eigenvalue weighted by atomic mass is 9.98.